The average Bonchev–Trinajstić information content (AvgIpc) is 2.63. The molecular weight excluding hydrogens is 238 g/mol. The quantitative estimate of drug-likeness (QED) is 0.767. The predicted octanol–water partition coefficient (Wildman–Crippen LogP) is 2.17. The fourth-order valence-electron chi connectivity index (χ4n) is 1.85. The third-order valence-corrected chi connectivity index (χ3v) is 2.83. The van der Waals surface area contributed by atoms with Crippen molar-refractivity contribution < 1.29 is 4.74 Å². The Morgan fingerprint density at radius 2 is 2.29 bits per heavy atom. The molecule has 0 unspecified atom stereocenters. The molecule has 2 heterocycles. The first-order chi connectivity index (χ1) is 8.26. The summed E-state index contributed by atoms with van der Waals surface area (Å²) >= 11 is 5.80. The number of fused-ring (bicyclic) bond motifs is 1. The summed E-state index contributed by atoms with van der Waals surface area (Å²) in [6, 6.07) is 2.05. The molecular formula is C12H16ClN3O. The number of pyridine rings is 1. The topological polar surface area (TPSA) is 39.9 Å². The molecule has 0 fully saturated rings. The van der Waals surface area contributed by atoms with Crippen LogP contribution < -0.4 is 0 Å². The van der Waals surface area contributed by atoms with Crippen molar-refractivity contribution in [1.82, 2.24) is 14.5 Å². The van der Waals surface area contributed by atoms with Crippen LogP contribution in [-0.4, -0.2) is 34.1 Å². The van der Waals surface area contributed by atoms with E-state index in [1.54, 1.807) is 7.11 Å². The van der Waals surface area contributed by atoms with Crippen LogP contribution in [0.2, 0.25) is 0 Å². The first kappa shape index (κ1) is 12.3. The van der Waals surface area contributed by atoms with E-state index in [0.717, 1.165) is 35.5 Å². The van der Waals surface area contributed by atoms with Crippen LogP contribution in [0.15, 0.2) is 12.3 Å². The minimum atomic E-state index is 0.565. The van der Waals surface area contributed by atoms with Crippen molar-refractivity contribution in [3.8, 4) is 0 Å². The maximum Gasteiger partial charge on any atom is 0.160 e. The number of hydrogen-bond acceptors (Lipinski definition) is 3. The van der Waals surface area contributed by atoms with E-state index < -0.39 is 0 Å². The summed E-state index contributed by atoms with van der Waals surface area (Å²) in [5.74, 6) is 1.54. The Morgan fingerprint density at radius 3 is 3.00 bits per heavy atom. The molecule has 0 N–H and O–H groups in total. The lowest BCUT2D eigenvalue weighted by Crippen LogP contribution is -2.09. The maximum absolute atomic E-state index is 5.80. The number of halogens is 1. The number of hydrogen-bond donors (Lipinski definition) is 0. The van der Waals surface area contributed by atoms with Gasteiger partial charge in [-0.1, -0.05) is 0 Å². The second-order valence-electron chi connectivity index (χ2n) is 3.97. The summed E-state index contributed by atoms with van der Waals surface area (Å²) < 4.78 is 7.20. The van der Waals surface area contributed by atoms with E-state index in [-0.39, 0.29) is 0 Å². The standard InChI is InChI=1S/C12H16ClN3O/c1-9-7-10-12(14-8-9)16(5-6-17-2)11(15-10)3-4-13/h7-8H,3-6H2,1-2H3. The van der Waals surface area contributed by atoms with Crippen molar-refractivity contribution in [3.05, 3.63) is 23.7 Å². The van der Waals surface area contributed by atoms with E-state index in [0.29, 0.717) is 12.5 Å². The van der Waals surface area contributed by atoms with Crippen LogP contribution >= 0.6 is 11.6 Å². The van der Waals surface area contributed by atoms with Crippen LogP contribution in [-0.2, 0) is 17.7 Å². The normalized spacial score (nSPS) is 11.2. The number of nitrogens with zero attached hydrogens (tertiary/aromatic N) is 3. The van der Waals surface area contributed by atoms with E-state index >= 15 is 0 Å². The van der Waals surface area contributed by atoms with Gasteiger partial charge in [-0.05, 0) is 18.6 Å². The summed E-state index contributed by atoms with van der Waals surface area (Å²) in [4.78, 5) is 9.01. The van der Waals surface area contributed by atoms with E-state index in [9.17, 15) is 0 Å². The van der Waals surface area contributed by atoms with Gasteiger partial charge in [0.1, 0.15) is 11.3 Å². The highest BCUT2D eigenvalue weighted by Crippen LogP contribution is 2.16. The minimum Gasteiger partial charge on any atom is -0.383 e. The fraction of sp³-hybridized carbons (Fsp3) is 0.500. The van der Waals surface area contributed by atoms with Crippen molar-refractivity contribution in [2.75, 3.05) is 19.6 Å². The third-order valence-electron chi connectivity index (χ3n) is 2.64. The van der Waals surface area contributed by atoms with E-state index in [1.165, 1.54) is 0 Å². The first-order valence-corrected chi connectivity index (χ1v) is 6.16. The number of rotatable bonds is 5. The lowest BCUT2D eigenvalue weighted by molar-refractivity contribution is 0.187. The van der Waals surface area contributed by atoms with Crippen molar-refractivity contribution in [2.45, 2.75) is 19.9 Å². The second-order valence-corrected chi connectivity index (χ2v) is 4.34. The van der Waals surface area contributed by atoms with Crippen LogP contribution in [0.25, 0.3) is 11.2 Å². The van der Waals surface area contributed by atoms with Crippen molar-refractivity contribution in [3.63, 3.8) is 0 Å². The van der Waals surface area contributed by atoms with E-state index in [1.807, 2.05) is 19.2 Å². The minimum absolute atomic E-state index is 0.565. The fourth-order valence-corrected chi connectivity index (χ4v) is 2.02. The van der Waals surface area contributed by atoms with Gasteiger partial charge in [0.25, 0.3) is 0 Å². The van der Waals surface area contributed by atoms with Gasteiger partial charge in [-0.15, -0.1) is 11.6 Å². The first-order valence-electron chi connectivity index (χ1n) is 5.63. The predicted molar refractivity (Wildman–Crippen MR) is 68.6 cm³/mol. The lowest BCUT2D eigenvalue weighted by Gasteiger charge is -2.06. The smallest absolute Gasteiger partial charge is 0.160 e. The Morgan fingerprint density at radius 1 is 1.47 bits per heavy atom. The molecule has 0 radical (unpaired) electrons. The number of aromatic nitrogens is 3. The number of alkyl halides is 1. The maximum atomic E-state index is 5.80. The monoisotopic (exact) mass is 253 g/mol. The van der Waals surface area contributed by atoms with Crippen LogP contribution in [0.1, 0.15) is 11.4 Å². The highest BCUT2D eigenvalue weighted by molar-refractivity contribution is 6.17. The molecule has 2 aromatic heterocycles. The largest absolute Gasteiger partial charge is 0.383 e. The third kappa shape index (κ3) is 2.58. The second kappa shape index (κ2) is 5.47. The average molecular weight is 254 g/mol. The Labute approximate surface area is 106 Å². The molecule has 2 aromatic rings. The van der Waals surface area contributed by atoms with Crippen molar-refractivity contribution in [2.24, 2.45) is 0 Å². The molecule has 17 heavy (non-hydrogen) atoms. The Bertz CT molecular complexity index is 510. The van der Waals surface area contributed by atoms with Gasteiger partial charge in [-0.25, -0.2) is 9.97 Å². The molecule has 0 atom stereocenters. The molecule has 92 valence electrons. The van der Waals surface area contributed by atoms with Gasteiger partial charge in [-0.2, -0.15) is 0 Å². The molecule has 0 aliphatic carbocycles. The number of ether oxygens (including phenoxy) is 1. The molecule has 2 rings (SSSR count). The highest BCUT2D eigenvalue weighted by Gasteiger charge is 2.11. The Hall–Kier alpha value is -1.13. The van der Waals surface area contributed by atoms with Gasteiger partial charge in [0.2, 0.25) is 0 Å². The Kier molecular flexibility index (Phi) is 3.97. The van der Waals surface area contributed by atoms with Gasteiger partial charge in [0.15, 0.2) is 5.65 Å². The summed E-state index contributed by atoms with van der Waals surface area (Å²) in [5, 5.41) is 0. The molecule has 4 nitrogen and oxygen atoms in total. The number of aryl methyl sites for hydroxylation is 2. The zero-order valence-electron chi connectivity index (χ0n) is 10.1. The lowest BCUT2D eigenvalue weighted by atomic mass is 10.3. The summed E-state index contributed by atoms with van der Waals surface area (Å²) in [7, 11) is 1.69. The SMILES string of the molecule is COCCn1c(CCCl)nc2cc(C)cnc21. The molecule has 5 heteroatoms. The van der Waals surface area contributed by atoms with Crippen molar-refractivity contribution in [1.29, 1.82) is 0 Å². The van der Waals surface area contributed by atoms with Gasteiger partial charge in [0, 0.05) is 32.2 Å². The van der Waals surface area contributed by atoms with Gasteiger partial charge in [0.05, 0.1) is 6.61 Å². The molecule has 0 amide bonds. The number of imidazole rings is 1. The van der Waals surface area contributed by atoms with Crippen molar-refractivity contribution >= 4 is 22.8 Å². The van der Waals surface area contributed by atoms with Gasteiger partial charge in [-0.3, -0.25) is 0 Å². The van der Waals surface area contributed by atoms with Crippen LogP contribution in [0.5, 0.6) is 0 Å². The van der Waals surface area contributed by atoms with Gasteiger partial charge < -0.3 is 9.30 Å². The zero-order chi connectivity index (χ0) is 12.3. The number of methoxy groups -OCH3 is 1. The highest BCUT2D eigenvalue weighted by atomic mass is 35.5. The van der Waals surface area contributed by atoms with Crippen LogP contribution in [0, 0.1) is 6.92 Å². The van der Waals surface area contributed by atoms with Crippen LogP contribution in [0.4, 0.5) is 0 Å². The molecule has 0 saturated carbocycles. The van der Waals surface area contributed by atoms with Gasteiger partial charge >= 0.3 is 0 Å². The molecule has 0 aromatic carbocycles. The summed E-state index contributed by atoms with van der Waals surface area (Å²) in [5.41, 5.74) is 2.96. The van der Waals surface area contributed by atoms with Crippen LogP contribution in [0.3, 0.4) is 0 Å². The molecule has 0 bridgehead atoms. The molecule has 0 aliphatic heterocycles. The summed E-state index contributed by atoms with van der Waals surface area (Å²) in [6.07, 6.45) is 2.61. The zero-order valence-corrected chi connectivity index (χ0v) is 10.9. The summed E-state index contributed by atoms with van der Waals surface area (Å²) in [6.45, 7) is 3.42. The van der Waals surface area contributed by atoms with E-state index in [4.69, 9.17) is 16.3 Å². The Balaban J connectivity index is 2.46. The molecule has 0 aliphatic rings. The van der Waals surface area contributed by atoms with E-state index in [2.05, 4.69) is 14.5 Å². The molecule has 0 spiro atoms. The molecule has 0 saturated heterocycles.